The minimum absolute atomic E-state index is 0.0770. The number of nitrogen functional groups attached to an aromatic ring is 1. The molecule has 0 aromatic heterocycles. The second-order valence-electron chi connectivity index (χ2n) is 4.54. The number of nitrogens with zero attached hydrogens (tertiary/aromatic N) is 1. The summed E-state index contributed by atoms with van der Waals surface area (Å²) in [5.41, 5.74) is 6.54. The van der Waals surface area contributed by atoms with E-state index in [0.29, 0.717) is 6.54 Å². The quantitative estimate of drug-likeness (QED) is 0.841. The van der Waals surface area contributed by atoms with Crippen LogP contribution in [0.3, 0.4) is 0 Å². The molecule has 0 atom stereocenters. The predicted octanol–water partition coefficient (Wildman–Crippen LogP) is 2.74. The molecule has 5 heteroatoms. The highest BCUT2D eigenvalue weighted by Crippen LogP contribution is 2.26. The van der Waals surface area contributed by atoms with E-state index in [1.807, 2.05) is 30.3 Å². The molecule has 0 aliphatic rings. The van der Waals surface area contributed by atoms with Crippen LogP contribution in [0.2, 0.25) is 0 Å². The van der Waals surface area contributed by atoms with Crippen molar-refractivity contribution in [2.24, 2.45) is 0 Å². The summed E-state index contributed by atoms with van der Waals surface area (Å²) in [5.74, 6) is -1.71. The van der Waals surface area contributed by atoms with Crippen molar-refractivity contribution >= 4 is 17.3 Å². The third kappa shape index (κ3) is 2.88. The lowest BCUT2D eigenvalue weighted by Crippen LogP contribution is -2.19. The highest BCUT2D eigenvalue weighted by atomic mass is 19.1. The van der Waals surface area contributed by atoms with Crippen LogP contribution >= 0.6 is 0 Å². The molecule has 20 heavy (non-hydrogen) atoms. The van der Waals surface area contributed by atoms with Crippen molar-refractivity contribution < 1.29 is 14.3 Å². The van der Waals surface area contributed by atoms with Gasteiger partial charge < -0.3 is 15.7 Å². The number of halogens is 1. The zero-order chi connectivity index (χ0) is 14.7. The molecule has 2 aromatic rings. The first kappa shape index (κ1) is 13.9. The van der Waals surface area contributed by atoms with E-state index >= 15 is 0 Å². The fraction of sp³-hybridized carbons (Fsp3) is 0.133. The minimum atomic E-state index is -1.17. The Balaban J connectivity index is 2.32. The van der Waals surface area contributed by atoms with Gasteiger partial charge in [0.25, 0.3) is 0 Å². The van der Waals surface area contributed by atoms with Gasteiger partial charge in [-0.3, -0.25) is 0 Å². The molecule has 0 aliphatic carbocycles. The second-order valence-corrected chi connectivity index (χ2v) is 4.54. The van der Waals surface area contributed by atoms with Crippen molar-refractivity contribution in [3.05, 3.63) is 59.4 Å². The van der Waals surface area contributed by atoms with Crippen LogP contribution in [-0.4, -0.2) is 18.1 Å². The summed E-state index contributed by atoms with van der Waals surface area (Å²) in [6.45, 7) is 0.473. The lowest BCUT2D eigenvalue weighted by atomic mass is 10.1. The summed E-state index contributed by atoms with van der Waals surface area (Å²) in [7, 11) is 1.70. The number of rotatable bonds is 4. The first-order valence-corrected chi connectivity index (χ1v) is 6.06. The van der Waals surface area contributed by atoms with Gasteiger partial charge in [-0.1, -0.05) is 30.3 Å². The van der Waals surface area contributed by atoms with Crippen molar-refractivity contribution in [1.29, 1.82) is 0 Å². The van der Waals surface area contributed by atoms with E-state index < -0.39 is 11.8 Å². The molecule has 0 spiro atoms. The van der Waals surface area contributed by atoms with Gasteiger partial charge in [0.1, 0.15) is 5.82 Å². The van der Waals surface area contributed by atoms with Gasteiger partial charge in [0.2, 0.25) is 0 Å². The van der Waals surface area contributed by atoms with Crippen molar-refractivity contribution in [1.82, 2.24) is 0 Å². The van der Waals surface area contributed by atoms with Gasteiger partial charge in [0.15, 0.2) is 0 Å². The van der Waals surface area contributed by atoms with Crippen molar-refractivity contribution in [3.63, 3.8) is 0 Å². The van der Waals surface area contributed by atoms with Crippen LogP contribution in [0.1, 0.15) is 15.9 Å². The van der Waals surface area contributed by atoms with Crippen molar-refractivity contribution in [2.45, 2.75) is 6.54 Å². The number of hydrogen-bond donors (Lipinski definition) is 2. The third-order valence-corrected chi connectivity index (χ3v) is 3.02. The number of aromatic carboxylic acids is 1. The molecule has 4 nitrogen and oxygen atoms in total. The maximum absolute atomic E-state index is 13.9. The Kier molecular flexibility index (Phi) is 3.89. The molecule has 0 saturated heterocycles. The van der Waals surface area contributed by atoms with Crippen LogP contribution < -0.4 is 10.6 Å². The molecule has 0 bridgehead atoms. The largest absolute Gasteiger partial charge is 0.478 e. The molecule has 3 N–H and O–H groups in total. The van der Waals surface area contributed by atoms with Crippen molar-refractivity contribution in [3.8, 4) is 0 Å². The molecule has 0 fully saturated rings. The van der Waals surface area contributed by atoms with E-state index in [1.165, 1.54) is 6.07 Å². The molecule has 0 heterocycles. The summed E-state index contributed by atoms with van der Waals surface area (Å²) in [6, 6.07) is 11.8. The highest BCUT2D eigenvalue weighted by molar-refractivity contribution is 5.95. The maximum atomic E-state index is 13.9. The monoisotopic (exact) mass is 274 g/mol. The zero-order valence-corrected chi connectivity index (χ0v) is 11.0. The standard InChI is InChI=1S/C15H15FN2O2/c1-18(9-10-5-3-2-4-6-10)14-7-11(15(19)20)13(17)8-12(14)16/h2-8H,9,17H2,1H3,(H,19,20). The Hall–Kier alpha value is -2.56. The summed E-state index contributed by atoms with van der Waals surface area (Å²) in [5, 5.41) is 9.03. The van der Waals surface area contributed by atoms with Crippen LogP contribution in [0.15, 0.2) is 42.5 Å². The first-order chi connectivity index (χ1) is 9.49. The number of nitrogens with two attached hydrogens (primary N) is 1. The van der Waals surface area contributed by atoms with Gasteiger partial charge in [-0.05, 0) is 17.7 Å². The first-order valence-electron chi connectivity index (χ1n) is 6.06. The van der Waals surface area contributed by atoms with Gasteiger partial charge in [-0.25, -0.2) is 9.18 Å². The molecule has 2 aromatic carbocycles. The lowest BCUT2D eigenvalue weighted by molar-refractivity contribution is 0.0698. The second kappa shape index (κ2) is 5.61. The number of carboxylic acids is 1. The van der Waals surface area contributed by atoms with Crippen LogP contribution in [0, 0.1) is 5.82 Å². The number of benzene rings is 2. The molecule has 0 amide bonds. The third-order valence-electron chi connectivity index (χ3n) is 3.02. The molecular formula is C15H15FN2O2. The Morgan fingerprint density at radius 3 is 2.55 bits per heavy atom. The predicted molar refractivity (Wildman–Crippen MR) is 76.3 cm³/mol. The van der Waals surface area contributed by atoms with E-state index in [9.17, 15) is 9.18 Å². The van der Waals surface area contributed by atoms with Crippen LogP contribution in [0.4, 0.5) is 15.8 Å². The van der Waals surface area contributed by atoms with Crippen LogP contribution in [0.25, 0.3) is 0 Å². The van der Waals surface area contributed by atoms with Crippen molar-refractivity contribution in [2.75, 3.05) is 17.7 Å². The molecule has 0 unspecified atom stereocenters. The van der Waals surface area contributed by atoms with E-state index in [4.69, 9.17) is 10.8 Å². The summed E-state index contributed by atoms with van der Waals surface area (Å²) in [6.07, 6.45) is 0. The lowest BCUT2D eigenvalue weighted by Gasteiger charge is -2.21. The molecule has 0 aliphatic heterocycles. The van der Waals surface area contributed by atoms with E-state index in [1.54, 1.807) is 11.9 Å². The SMILES string of the molecule is CN(Cc1ccccc1)c1cc(C(=O)O)c(N)cc1F. The molecule has 2 rings (SSSR count). The number of hydrogen-bond acceptors (Lipinski definition) is 3. The summed E-state index contributed by atoms with van der Waals surface area (Å²) >= 11 is 0. The number of carboxylic acid groups (broad SMARTS) is 1. The molecule has 0 radical (unpaired) electrons. The number of carbonyl (C=O) groups is 1. The van der Waals surface area contributed by atoms with Gasteiger partial charge >= 0.3 is 5.97 Å². The summed E-state index contributed by atoms with van der Waals surface area (Å²) in [4.78, 5) is 12.7. The topological polar surface area (TPSA) is 66.6 Å². The molecule has 0 saturated carbocycles. The Morgan fingerprint density at radius 1 is 1.30 bits per heavy atom. The van der Waals surface area contributed by atoms with E-state index in [2.05, 4.69) is 0 Å². The van der Waals surface area contributed by atoms with Crippen LogP contribution in [0.5, 0.6) is 0 Å². The Labute approximate surface area is 116 Å². The average molecular weight is 274 g/mol. The minimum Gasteiger partial charge on any atom is -0.478 e. The Morgan fingerprint density at radius 2 is 1.95 bits per heavy atom. The molecule has 104 valence electrons. The molecular weight excluding hydrogens is 259 g/mol. The van der Waals surface area contributed by atoms with Gasteiger partial charge in [-0.15, -0.1) is 0 Å². The van der Waals surface area contributed by atoms with Gasteiger partial charge in [-0.2, -0.15) is 0 Å². The van der Waals surface area contributed by atoms with Gasteiger partial charge in [0.05, 0.1) is 11.3 Å². The van der Waals surface area contributed by atoms with E-state index in [0.717, 1.165) is 11.6 Å². The maximum Gasteiger partial charge on any atom is 0.337 e. The summed E-state index contributed by atoms with van der Waals surface area (Å²) < 4.78 is 13.9. The van der Waals surface area contributed by atoms with E-state index in [-0.39, 0.29) is 16.9 Å². The normalized spacial score (nSPS) is 10.3. The number of anilines is 2. The van der Waals surface area contributed by atoms with Crippen LogP contribution in [-0.2, 0) is 6.54 Å². The zero-order valence-electron chi connectivity index (χ0n) is 11.0. The van der Waals surface area contributed by atoms with Gasteiger partial charge in [0, 0.05) is 19.3 Å². The fourth-order valence-electron chi connectivity index (χ4n) is 2.00. The fourth-order valence-corrected chi connectivity index (χ4v) is 2.00. The smallest absolute Gasteiger partial charge is 0.337 e. The highest BCUT2D eigenvalue weighted by Gasteiger charge is 2.15. The average Bonchev–Trinajstić information content (AvgIpc) is 2.39. The Bertz CT molecular complexity index is 629.